The topological polar surface area (TPSA) is 97.2 Å². The molecule has 0 unspecified atom stereocenters. The van der Waals surface area contributed by atoms with E-state index >= 15 is 0 Å². The SMILES string of the molecule is C[C@@H]1CCOc2cc(F)ccc2-c2nc(ncc2F)Nc2cc(C[S@@](C)(=N)=O)cc(c2)O1. The molecule has 3 aromatic rings. The van der Waals surface area contributed by atoms with Crippen LogP contribution in [-0.4, -0.2) is 33.1 Å². The first-order valence-electron chi connectivity index (χ1n) is 9.91. The molecule has 10 heteroatoms. The fourth-order valence-electron chi connectivity index (χ4n) is 3.38. The van der Waals surface area contributed by atoms with Gasteiger partial charge in [0.05, 0.1) is 24.7 Å². The second-order valence-electron chi connectivity index (χ2n) is 7.74. The zero-order valence-corrected chi connectivity index (χ0v) is 18.3. The minimum atomic E-state index is -2.78. The predicted molar refractivity (Wildman–Crippen MR) is 118 cm³/mol. The van der Waals surface area contributed by atoms with Crippen LogP contribution in [0.5, 0.6) is 11.5 Å². The van der Waals surface area contributed by atoms with Crippen molar-refractivity contribution >= 4 is 21.4 Å². The molecule has 0 spiro atoms. The van der Waals surface area contributed by atoms with Gasteiger partial charge in [0.2, 0.25) is 5.95 Å². The van der Waals surface area contributed by atoms with Crippen molar-refractivity contribution in [3.05, 3.63) is 59.8 Å². The molecule has 2 aromatic carbocycles. The summed E-state index contributed by atoms with van der Waals surface area (Å²) in [5.41, 5.74) is 1.46. The number of fused-ring (bicyclic) bond motifs is 6. The first-order valence-corrected chi connectivity index (χ1v) is 12.0. The molecule has 1 aliphatic heterocycles. The average Bonchev–Trinajstić information content (AvgIpc) is 2.68. The molecule has 2 heterocycles. The van der Waals surface area contributed by atoms with Gasteiger partial charge in [0, 0.05) is 45.8 Å². The molecule has 0 saturated heterocycles. The van der Waals surface area contributed by atoms with Crippen LogP contribution in [0.2, 0.25) is 0 Å². The van der Waals surface area contributed by atoms with Crippen LogP contribution in [0, 0.1) is 16.4 Å². The van der Waals surface area contributed by atoms with Crippen LogP contribution >= 0.6 is 0 Å². The van der Waals surface area contributed by atoms with Crippen molar-refractivity contribution in [2.75, 3.05) is 18.2 Å². The van der Waals surface area contributed by atoms with E-state index in [4.69, 9.17) is 14.3 Å². The number of hydrogen-bond acceptors (Lipinski definition) is 7. The van der Waals surface area contributed by atoms with E-state index in [9.17, 15) is 13.0 Å². The average molecular weight is 461 g/mol. The molecule has 2 N–H and O–H groups in total. The van der Waals surface area contributed by atoms with Crippen molar-refractivity contribution in [1.29, 1.82) is 4.78 Å². The van der Waals surface area contributed by atoms with Gasteiger partial charge in [-0.05, 0) is 36.8 Å². The van der Waals surface area contributed by atoms with Crippen LogP contribution in [0.3, 0.4) is 0 Å². The molecule has 2 atom stereocenters. The highest BCUT2D eigenvalue weighted by Gasteiger charge is 2.18. The van der Waals surface area contributed by atoms with E-state index in [0.29, 0.717) is 29.0 Å². The van der Waals surface area contributed by atoms with Crippen LogP contribution in [0.15, 0.2) is 42.6 Å². The van der Waals surface area contributed by atoms with Crippen molar-refractivity contribution in [3.8, 4) is 22.8 Å². The Morgan fingerprint density at radius 2 is 2.06 bits per heavy atom. The van der Waals surface area contributed by atoms with Gasteiger partial charge < -0.3 is 14.8 Å². The molecule has 168 valence electrons. The molecule has 1 aromatic heterocycles. The van der Waals surface area contributed by atoms with Crippen LogP contribution in [0.4, 0.5) is 20.4 Å². The number of nitrogens with zero attached hydrogens (tertiary/aromatic N) is 2. The van der Waals surface area contributed by atoms with Gasteiger partial charge in [-0.2, -0.15) is 0 Å². The van der Waals surface area contributed by atoms with E-state index in [0.717, 1.165) is 6.20 Å². The third-order valence-corrected chi connectivity index (χ3v) is 5.61. The summed E-state index contributed by atoms with van der Waals surface area (Å²) in [7, 11) is -2.78. The third-order valence-electron chi connectivity index (χ3n) is 4.73. The Morgan fingerprint density at radius 1 is 1.25 bits per heavy atom. The van der Waals surface area contributed by atoms with Gasteiger partial charge in [-0.3, -0.25) is 4.78 Å². The number of benzene rings is 2. The summed E-state index contributed by atoms with van der Waals surface area (Å²) in [6, 6.07) is 9.00. The van der Waals surface area contributed by atoms with Crippen molar-refractivity contribution in [1.82, 2.24) is 9.97 Å². The zero-order chi connectivity index (χ0) is 22.9. The molecule has 0 amide bonds. The van der Waals surface area contributed by atoms with Gasteiger partial charge in [-0.15, -0.1) is 0 Å². The van der Waals surface area contributed by atoms with Gasteiger partial charge in [0.25, 0.3) is 0 Å². The highest BCUT2D eigenvalue weighted by molar-refractivity contribution is 7.90. The lowest BCUT2D eigenvalue weighted by Crippen LogP contribution is -2.16. The molecule has 0 radical (unpaired) electrons. The predicted octanol–water partition coefficient (Wildman–Crippen LogP) is 4.89. The first-order chi connectivity index (χ1) is 15.2. The summed E-state index contributed by atoms with van der Waals surface area (Å²) in [6.45, 7) is 2.07. The van der Waals surface area contributed by atoms with E-state index in [2.05, 4.69) is 15.3 Å². The maximum absolute atomic E-state index is 14.6. The van der Waals surface area contributed by atoms with Crippen LogP contribution < -0.4 is 14.8 Å². The Morgan fingerprint density at radius 3 is 2.84 bits per heavy atom. The number of rotatable bonds is 2. The molecule has 32 heavy (non-hydrogen) atoms. The quantitative estimate of drug-likeness (QED) is 0.565. The van der Waals surface area contributed by atoms with Crippen LogP contribution in [0.1, 0.15) is 18.9 Å². The second kappa shape index (κ2) is 8.70. The maximum atomic E-state index is 14.6. The number of hydrogen-bond donors (Lipinski definition) is 2. The second-order valence-corrected chi connectivity index (χ2v) is 10.0. The molecule has 0 aliphatic carbocycles. The lowest BCUT2D eigenvalue weighted by Gasteiger charge is -2.19. The highest BCUT2D eigenvalue weighted by Crippen LogP contribution is 2.33. The van der Waals surface area contributed by atoms with E-state index in [1.165, 1.54) is 24.5 Å². The summed E-state index contributed by atoms with van der Waals surface area (Å²) in [4.78, 5) is 8.26. The Bertz CT molecular complexity index is 1270. The Balaban J connectivity index is 1.82. The number of anilines is 2. The van der Waals surface area contributed by atoms with E-state index in [1.54, 1.807) is 18.2 Å². The molecular weight excluding hydrogens is 438 g/mol. The van der Waals surface area contributed by atoms with Crippen molar-refractivity contribution in [3.63, 3.8) is 0 Å². The molecule has 0 saturated carbocycles. The molecule has 4 bridgehead atoms. The first kappa shape index (κ1) is 21.9. The smallest absolute Gasteiger partial charge is 0.227 e. The van der Waals surface area contributed by atoms with Gasteiger partial charge in [0.1, 0.15) is 23.0 Å². The summed E-state index contributed by atoms with van der Waals surface area (Å²) in [5, 5.41) is 3.01. The largest absolute Gasteiger partial charge is 0.493 e. The third kappa shape index (κ3) is 5.31. The van der Waals surface area contributed by atoms with Gasteiger partial charge in [-0.1, -0.05) is 0 Å². The lowest BCUT2D eigenvalue weighted by atomic mass is 10.1. The minimum Gasteiger partial charge on any atom is -0.493 e. The Kier molecular flexibility index (Phi) is 5.96. The Hall–Kier alpha value is -3.27. The molecule has 7 nitrogen and oxygen atoms in total. The number of halogens is 2. The summed E-state index contributed by atoms with van der Waals surface area (Å²) >= 11 is 0. The monoisotopic (exact) mass is 460 g/mol. The van der Waals surface area contributed by atoms with E-state index in [1.807, 2.05) is 6.92 Å². The van der Waals surface area contributed by atoms with Crippen LogP contribution in [-0.2, 0) is 15.5 Å². The van der Waals surface area contributed by atoms with Gasteiger partial charge in [-0.25, -0.2) is 23.0 Å². The van der Waals surface area contributed by atoms with E-state index in [-0.39, 0.29) is 35.9 Å². The van der Waals surface area contributed by atoms with Crippen molar-refractivity contribution < 1.29 is 22.5 Å². The summed E-state index contributed by atoms with van der Waals surface area (Å²) in [5.74, 6) is -0.353. The normalized spacial score (nSPS) is 17.6. The summed E-state index contributed by atoms with van der Waals surface area (Å²) in [6.07, 6.45) is 2.61. The molecule has 0 fully saturated rings. The van der Waals surface area contributed by atoms with Gasteiger partial charge in [0.15, 0.2) is 5.82 Å². The maximum Gasteiger partial charge on any atom is 0.227 e. The van der Waals surface area contributed by atoms with Crippen LogP contribution in [0.25, 0.3) is 11.3 Å². The van der Waals surface area contributed by atoms with E-state index < -0.39 is 21.4 Å². The fraction of sp³-hybridized carbons (Fsp3) is 0.273. The Labute approximate surface area is 184 Å². The highest BCUT2D eigenvalue weighted by atomic mass is 32.2. The molecule has 4 rings (SSSR count). The fourth-order valence-corrected chi connectivity index (χ4v) is 4.19. The van der Waals surface area contributed by atoms with Crippen molar-refractivity contribution in [2.45, 2.75) is 25.2 Å². The number of aromatic nitrogens is 2. The minimum absolute atomic E-state index is 0.0297. The molecule has 1 aliphatic rings. The summed E-state index contributed by atoms with van der Waals surface area (Å²) < 4.78 is 60.0. The van der Waals surface area contributed by atoms with Gasteiger partial charge >= 0.3 is 0 Å². The number of ether oxygens (including phenoxy) is 2. The molecular formula is C22H22F2N4O3S. The zero-order valence-electron chi connectivity index (χ0n) is 17.5. The lowest BCUT2D eigenvalue weighted by molar-refractivity contribution is 0.177. The number of nitrogens with one attached hydrogen (secondary N) is 2. The standard InChI is InChI=1S/C22H22F2N4O3S/c1-13-5-6-30-20-9-15(23)3-4-18(20)21-19(24)11-26-22(28-21)27-16-7-14(12-32(2,25)29)8-17(10-16)31-13/h3-4,7-11,13,25H,5-6,12H2,1-2H3,(H,26,27,28)/t13-,32+/m1/s1. The van der Waals surface area contributed by atoms with Crippen molar-refractivity contribution in [2.24, 2.45) is 0 Å².